The van der Waals surface area contributed by atoms with Crippen LogP contribution in [-0.2, 0) is 16.6 Å². The maximum Gasteiger partial charge on any atom is 0.290 e. The van der Waals surface area contributed by atoms with E-state index >= 15 is 0 Å². The highest BCUT2D eigenvalue weighted by Crippen LogP contribution is 2.31. The van der Waals surface area contributed by atoms with Gasteiger partial charge in [0.15, 0.2) is 5.76 Å². The van der Waals surface area contributed by atoms with Crippen LogP contribution in [0.15, 0.2) is 57.8 Å². The predicted molar refractivity (Wildman–Crippen MR) is 138 cm³/mol. The lowest BCUT2D eigenvalue weighted by atomic mass is 10.0. The molecule has 1 aliphatic rings. The smallest absolute Gasteiger partial charge is 0.290 e. The first-order valence-corrected chi connectivity index (χ1v) is 13.6. The van der Waals surface area contributed by atoms with Crippen molar-refractivity contribution in [3.63, 3.8) is 0 Å². The highest BCUT2D eigenvalue weighted by molar-refractivity contribution is 7.89. The van der Waals surface area contributed by atoms with Crippen molar-refractivity contribution in [3.05, 3.63) is 65.4 Å². The van der Waals surface area contributed by atoms with E-state index in [0.717, 1.165) is 18.4 Å². The summed E-state index contributed by atoms with van der Waals surface area (Å²) in [6, 6.07) is 14.8. The molecule has 0 radical (unpaired) electrons. The van der Waals surface area contributed by atoms with Crippen LogP contribution in [0.3, 0.4) is 0 Å². The molecule has 2 heterocycles. The van der Waals surface area contributed by atoms with Crippen molar-refractivity contribution >= 4 is 26.9 Å². The zero-order valence-electron chi connectivity index (χ0n) is 21.0. The zero-order chi connectivity index (χ0) is 25.2. The van der Waals surface area contributed by atoms with Gasteiger partial charge in [0.2, 0.25) is 10.0 Å². The third-order valence-corrected chi connectivity index (χ3v) is 8.70. The van der Waals surface area contributed by atoms with Crippen molar-refractivity contribution in [3.8, 4) is 0 Å². The number of nitrogens with zero attached hydrogens (tertiary/aromatic N) is 3. The SMILES string of the molecule is Cc1c(C(=O)N(CCN(C)C)Cc2ccccc2)oc2ccc(S(=O)(=O)N3CCC(C)CC3)cc12. The van der Waals surface area contributed by atoms with E-state index in [1.807, 2.05) is 56.3 Å². The van der Waals surface area contributed by atoms with Gasteiger partial charge in [-0.25, -0.2) is 8.42 Å². The Morgan fingerprint density at radius 3 is 2.40 bits per heavy atom. The van der Waals surface area contributed by atoms with Gasteiger partial charge in [0.1, 0.15) is 5.58 Å². The van der Waals surface area contributed by atoms with Crippen molar-refractivity contribution in [2.24, 2.45) is 5.92 Å². The van der Waals surface area contributed by atoms with E-state index in [9.17, 15) is 13.2 Å². The summed E-state index contributed by atoms with van der Waals surface area (Å²) >= 11 is 0. The molecular weight excluding hydrogens is 462 g/mol. The number of piperidine rings is 1. The quantitative estimate of drug-likeness (QED) is 0.462. The summed E-state index contributed by atoms with van der Waals surface area (Å²) in [5.74, 6) is 0.606. The van der Waals surface area contributed by atoms with Crippen molar-refractivity contribution in [2.45, 2.75) is 38.1 Å². The fraction of sp³-hybridized carbons (Fsp3) is 0.444. The van der Waals surface area contributed by atoms with Gasteiger partial charge in [0.25, 0.3) is 5.91 Å². The molecule has 1 saturated heterocycles. The van der Waals surface area contributed by atoms with Crippen LogP contribution in [0.2, 0.25) is 0 Å². The summed E-state index contributed by atoms with van der Waals surface area (Å²) in [5, 5.41) is 0.659. The number of carbonyl (C=O) groups is 1. The first-order valence-electron chi connectivity index (χ1n) is 12.2. The Bertz CT molecular complexity index is 1280. The normalized spacial score (nSPS) is 15.7. The number of rotatable bonds is 8. The fourth-order valence-electron chi connectivity index (χ4n) is 4.46. The average molecular weight is 498 g/mol. The summed E-state index contributed by atoms with van der Waals surface area (Å²) in [6.07, 6.45) is 1.74. The minimum Gasteiger partial charge on any atom is -0.451 e. The van der Waals surface area contributed by atoms with Gasteiger partial charge in [-0.15, -0.1) is 0 Å². The van der Waals surface area contributed by atoms with Crippen LogP contribution < -0.4 is 0 Å². The van der Waals surface area contributed by atoms with Gasteiger partial charge < -0.3 is 14.2 Å². The summed E-state index contributed by atoms with van der Waals surface area (Å²) in [7, 11) is 0.361. The van der Waals surface area contributed by atoms with Gasteiger partial charge in [-0.05, 0) is 63.5 Å². The second kappa shape index (κ2) is 10.5. The molecule has 0 aliphatic carbocycles. The van der Waals surface area contributed by atoms with Crippen LogP contribution in [0, 0.1) is 12.8 Å². The maximum atomic E-state index is 13.6. The van der Waals surface area contributed by atoms with E-state index in [-0.39, 0.29) is 16.6 Å². The Kier molecular flexibility index (Phi) is 7.64. The summed E-state index contributed by atoms with van der Waals surface area (Å²) in [4.78, 5) is 17.7. The number of fused-ring (bicyclic) bond motifs is 1. The molecule has 1 fully saturated rings. The van der Waals surface area contributed by atoms with E-state index in [2.05, 4.69) is 6.92 Å². The number of aryl methyl sites for hydroxylation is 1. The van der Waals surface area contributed by atoms with Crippen LogP contribution in [-0.4, -0.2) is 68.7 Å². The number of benzene rings is 2. The van der Waals surface area contributed by atoms with E-state index in [4.69, 9.17) is 4.42 Å². The third-order valence-electron chi connectivity index (χ3n) is 6.80. The molecule has 1 aromatic heterocycles. The molecule has 3 aromatic rings. The molecule has 0 spiro atoms. The van der Waals surface area contributed by atoms with Crippen molar-refractivity contribution in [1.82, 2.24) is 14.1 Å². The van der Waals surface area contributed by atoms with Crippen LogP contribution >= 0.6 is 0 Å². The van der Waals surface area contributed by atoms with Crippen LogP contribution in [0.25, 0.3) is 11.0 Å². The Morgan fingerprint density at radius 2 is 1.74 bits per heavy atom. The number of hydrogen-bond donors (Lipinski definition) is 0. The molecule has 4 rings (SSSR count). The Labute approximate surface area is 208 Å². The second-order valence-electron chi connectivity index (χ2n) is 9.82. The minimum atomic E-state index is -3.59. The molecule has 0 N–H and O–H groups in total. The third kappa shape index (κ3) is 5.60. The number of carbonyl (C=O) groups excluding carboxylic acids is 1. The molecular formula is C27H35N3O4S. The number of furan rings is 1. The van der Waals surface area contributed by atoms with Crippen molar-refractivity contribution in [2.75, 3.05) is 40.3 Å². The van der Waals surface area contributed by atoms with Gasteiger partial charge in [-0.1, -0.05) is 37.3 Å². The summed E-state index contributed by atoms with van der Waals surface area (Å²) in [5.41, 5.74) is 2.22. The van der Waals surface area contributed by atoms with Crippen LogP contribution in [0.1, 0.15) is 41.4 Å². The molecule has 2 aromatic carbocycles. The highest BCUT2D eigenvalue weighted by Gasteiger charge is 2.30. The Hall–Kier alpha value is -2.68. The number of likely N-dealkylation sites (N-methyl/N-ethyl adjacent to an activating group) is 1. The first-order chi connectivity index (χ1) is 16.7. The second-order valence-corrected chi connectivity index (χ2v) is 11.8. The van der Waals surface area contributed by atoms with E-state index in [0.29, 0.717) is 55.2 Å². The maximum absolute atomic E-state index is 13.6. The largest absolute Gasteiger partial charge is 0.451 e. The van der Waals surface area contributed by atoms with Gasteiger partial charge in [0, 0.05) is 43.7 Å². The molecule has 0 atom stereocenters. The molecule has 35 heavy (non-hydrogen) atoms. The molecule has 1 amide bonds. The number of hydrogen-bond acceptors (Lipinski definition) is 5. The zero-order valence-corrected chi connectivity index (χ0v) is 21.8. The molecule has 188 valence electrons. The summed E-state index contributed by atoms with van der Waals surface area (Å²) in [6.45, 7) is 6.79. The fourth-order valence-corrected chi connectivity index (χ4v) is 5.96. The van der Waals surface area contributed by atoms with Crippen molar-refractivity contribution < 1.29 is 17.6 Å². The lowest BCUT2D eigenvalue weighted by Gasteiger charge is -2.29. The van der Waals surface area contributed by atoms with Gasteiger partial charge in [-0.2, -0.15) is 4.31 Å². The number of amides is 1. The standard InChI is InChI=1S/C27H35N3O4S/c1-20-12-14-30(15-13-20)35(32,33)23-10-11-25-24(18-23)21(2)26(34-25)27(31)29(17-16-28(3)4)19-22-8-6-5-7-9-22/h5-11,18,20H,12-17,19H2,1-4H3. The molecule has 7 nitrogen and oxygen atoms in total. The molecule has 0 unspecified atom stereocenters. The Balaban J connectivity index is 1.64. The van der Waals surface area contributed by atoms with Crippen LogP contribution in [0.4, 0.5) is 0 Å². The van der Waals surface area contributed by atoms with E-state index < -0.39 is 10.0 Å². The molecule has 0 bridgehead atoms. The van der Waals surface area contributed by atoms with E-state index in [1.165, 1.54) is 0 Å². The first kappa shape index (κ1) is 25.4. The summed E-state index contributed by atoms with van der Waals surface area (Å²) < 4.78 is 34.1. The van der Waals surface area contributed by atoms with Gasteiger partial charge in [0.05, 0.1) is 4.90 Å². The monoisotopic (exact) mass is 497 g/mol. The van der Waals surface area contributed by atoms with E-state index in [1.54, 1.807) is 27.4 Å². The van der Waals surface area contributed by atoms with Crippen molar-refractivity contribution in [1.29, 1.82) is 0 Å². The molecule has 0 saturated carbocycles. The minimum absolute atomic E-state index is 0.196. The Morgan fingerprint density at radius 1 is 1.06 bits per heavy atom. The average Bonchev–Trinajstić information content (AvgIpc) is 3.18. The lowest BCUT2D eigenvalue weighted by Crippen LogP contribution is -2.37. The molecule has 8 heteroatoms. The van der Waals surface area contributed by atoms with Gasteiger partial charge >= 0.3 is 0 Å². The predicted octanol–water partition coefficient (Wildman–Crippen LogP) is 4.37. The molecule has 1 aliphatic heterocycles. The highest BCUT2D eigenvalue weighted by atomic mass is 32.2. The van der Waals surface area contributed by atoms with Crippen LogP contribution in [0.5, 0.6) is 0 Å². The lowest BCUT2D eigenvalue weighted by molar-refractivity contribution is 0.0701. The van der Waals surface area contributed by atoms with Gasteiger partial charge in [-0.3, -0.25) is 4.79 Å². The topological polar surface area (TPSA) is 74.1 Å². The number of sulfonamides is 1.